The molecule has 0 radical (unpaired) electrons. The van der Waals surface area contributed by atoms with Crippen LogP contribution in [0.25, 0.3) is 0 Å². The Morgan fingerprint density at radius 3 is 2.57 bits per heavy atom. The van der Waals surface area contributed by atoms with Gasteiger partial charge in [-0.1, -0.05) is 12.1 Å². The highest BCUT2D eigenvalue weighted by Gasteiger charge is 2.17. The second-order valence-corrected chi connectivity index (χ2v) is 5.63. The number of carbonyl (C=O) groups is 2. The molecule has 0 bridgehead atoms. The summed E-state index contributed by atoms with van der Waals surface area (Å²) in [5.74, 6) is -2.45. The van der Waals surface area contributed by atoms with Crippen LogP contribution < -0.4 is 5.32 Å². The van der Waals surface area contributed by atoms with E-state index in [0.717, 1.165) is 3.57 Å². The molecular formula is C15H11FINO3. The lowest BCUT2D eigenvalue weighted by Crippen LogP contribution is -2.16. The molecule has 2 aromatic rings. The van der Waals surface area contributed by atoms with Crippen LogP contribution in [0.15, 0.2) is 36.4 Å². The number of aromatic carboxylic acids is 1. The second-order valence-electron chi connectivity index (χ2n) is 4.39. The molecule has 2 aromatic carbocycles. The van der Waals surface area contributed by atoms with E-state index in [0.29, 0.717) is 5.56 Å². The Hall–Kier alpha value is -1.96. The molecule has 0 spiro atoms. The number of anilines is 1. The molecule has 0 saturated heterocycles. The molecule has 0 aliphatic carbocycles. The molecule has 21 heavy (non-hydrogen) atoms. The van der Waals surface area contributed by atoms with Crippen LogP contribution in [0, 0.1) is 16.3 Å². The number of halogens is 2. The highest BCUT2D eigenvalue weighted by atomic mass is 127. The van der Waals surface area contributed by atoms with Gasteiger partial charge in [-0.25, -0.2) is 9.18 Å². The van der Waals surface area contributed by atoms with Gasteiger partial charge in [0.05, 0.1) is 16.8 Å². The van der Waals surface area contributed by atoms with Gasteiger partial charge in [-0.15, -0.1) is 0 Å². The van der Waals surface area contributed by atoms with Gasteiger partial charge < -0.3 is 10.4 Å². The molecule has 4 nitrogen and oxygen atoms in total. The lowest BCUT2D eigenvalue weighted by Gasteiger charge is -2.10. The Morgan fingerprint density at radius 2 is 1.90 bits per heavy atom. The molecule has 0 saturated carbocycles. The lowest BCUT2D eigenvalue weighted by atomic mass is 10.1. The molecule has 0 fully saturated rings. The fourth-order valence-corrected chi connectivity index (χ4v) is 2.31. The van der Waals surface area contributed by atoms with Gasteiger partial charge >= 0.3 is 5.97 Å². The Labute approximate surface area is 134 Å². The van der Waals surface area contributed by atoms with E-state index >= 15 is 0 Å². The Morgan fingerprint density at radius 1 is 1.19 bits per heavy atom. The van der Waals surface area contributed by atoms with Crippen LogP contribution in [0.2, 0.25) is 0 Å². The topological polar surface area (TPSA) is 66.4 Å². The zero-order valence-electron chi connectivity index (χ0n) is 11.0. The van der Waals surface area contributed by atoms with Crippen molar-refractivity contribution in [2.24, 2.45) is 0 Å². The van der Waals surface area contributed by atoms with E-state index in [-0.39, 0.29) is 16.8 Å². The Bertz CT molecular complexity index is 731. The standard InChI is InChI=1S/C15H11FINO3/c1-8-3-2-4-10(13(8)16)14(19)18-12-6-5-9(17)7-11(12)15(20)21/h2-7H,1H3,(H,18,19)(H,20,21). The summed E-state index contributed by atoms with van der Waals surface area (Å²) in [7, 11) is 0. The van der Waals surface area contributed by atoms with E-state index in [1.54, 1.807) is 25.1 Å². The SMILES string of the molecule is Cc1cccc(C(=O)Nc2ccc(I)cc2C(=O)O)c1F. The van der Waals surface area contributed by atoms with Crippen LogP contribution in [0.4, 0.5) is 10.1 Å². The predicted octanol–water partition coefficient (Wildman–Crippen LogP) is 3.69. The molecule has 0 heterocycles. The summed E-state index contributed by atoms with van der Waals surface area (Å²) in [4.78, 5) is 23.3. The summed E-state index contributed by atoms with van der Waals surface area (Å²) in [6.07, 6.45) is 0. The minimum absolute atomic E-state index is 0.0386. The monoisotopic (exact) mass is 399 g/mol. The van der Waals surface area contributed by atoms with E-state index < -0.39 is 17.7 Å². The number of hydrogen-bond acceptors (Lipinski definition) is 2. The third-order valence-electron chi connectivity index (χ3n) is 2.90. The van der Waals surface area contributed by atoms with Gasteiger partial charge in [-0.2, -0.15) is 0 Å². The quantitative estimate of drug-likeness (QED) is 0.774. The number of hydrogen-bond donors (Lipinski definition) is 2. The summed E-state index contributed by atoms with van der Waals surface area (Å²) in [5.41, 5.74) is 0.325. The molecule has 1 amide bonds. The van der Waals surface area contributed by atoms with Crippen LogP contribution in [-0.4, -0.2) is 17.0 Å². The maximum Gasteiger partial charge on any atom is 0.337 e. The van der Waals surface area contributed by atoms with Crippen molar-refractivity contribution >= 4 is 40.2 Å². The predicted molar refractivity (Wildman–Crippen MR) is 85.2 cm³/mol. The molecule has 0 aliphatic heterocycles. The minimum atomic E-state index is -1.16. The minimum Gasteiger partial charge on any atom is -0.478 e. The third-order valence-corrected chi connectivity index (χ3v) is 3.57. The molecule has 0 unspecified atom stereocenters. The smallest absolute Gasteiger partial charge is 0.337 e. The highest BCUT2D eigenvalue weighted by molar-refractivity contribution is 14.1. The molecule has 108 valence electrons. The first kappa shape index (κ1) is 15.4. The number of carboxylic acids is 1. The van der Waals surface area contributed by atoms with Crippen LogP contribution in [-0.2, 0) is 0 Å². The third kappa shape index (κ3) is 3.38. The average Bonchev–Trinajstić information content (AvgIpc) is 2.43. The molecule has 2 rings (SSSR count). The first-order chi connectivity index (χ1) is 9.90. The number of benzene rings is 2. The molecule has 0 atom stereocenters. The van der Waals surface area contributed by atoms with Gasteiger partial charge in [0.25, 0.3) is 5.91 Å². The van der Waals surface area contributed by atoms with Crippen molar-refractivity contribution in [1.29, 1.82) is 0 Å². The normalized spacial score (nSPS) is 10.2. The average molecular weight is 399 g/mol. The number of aryl methyl sites for hydroxylation is 1. The van der Waals surface area contributed by atoms with Gasteiger partial charge in [0.1, 0.15) is 5.82 Å². The number of carbonyl (C=O) groups excluding carboxylic acids is 1. The van der Waals surface area contributed by atoms with E-state index in [4.69, 9.17) is 5.11 Å². The van der Waals surface area contributed by atoms with Gasteiger partial charge in [0, 0.05) is 3.57 Å². The maximum absolute atomic E-state index is 13.9. The van der Waals surface area contributed by atoms with Crippen molar-refractivity contribution in [3.8, 4) is 0 Å². The zero-order chi connectivity index (χ0) is 15.6. The van der Waals surface area contributed by atoms with Crippen LogP contribution in [0.3, 0.4) is 0 Å². The fourth-order valence-electron chi connectivity index (χ4n) is 1.81. The Kier molecular flexibility index (Phi) is 4.56. The van der Waals surface area contributed by atoms with Crippen molar-refractivity contribution in [3.63, 3.8) is 0 Å². The molecule has 2 N–H and O–H groups in total. The van der Waals surface area contributed by atoms with Gasteiger partial charge in [-0.3, -0.25) is 4.79 Å². The van der Waals surface area contributed by atoms with Crippen molar-refractivity contribution < 1.29 is 19.1 Å². The van der Waals surface area contributed by atoms with Crippen molar-refractivity contribution in [3.05, 3.63) is 62.5 Å². The largest absolute Gasteiger partial charge is 0.478 e. The van der Waals surface area contributed by atoms with Crippen molar-refractivity contribution in [2.75, 3.05) is 5.32 Å². The number of nitrogens with one attached hydrogen (secondary N) is 1. The summed E-state index contributed by atoms with van der Waals surface area (Å²) in [5, 5.41) is 11.6. The fraction of sp³-hybridized carbons (Fsp3) is 0.0667. The second kappa shape index (κ2) is 6.21. The van der Waals surface area contributed by atoms with Crippen LogP contribution >= 0.6 is 22.6 Å². The number of amides is 1. The summed E-state index contributed by atoms with van der Waals surface area (Å²) in [6.45, 7) is 1.56. The summed E-state index contributed by atoms with van der Waals surface area (Å²) >= 11 is 1.97. The first-order valence-electron chi connectivity index (χ1n) is 5.99. The number of rotatable bonds is 3. The van der Waals surface area contributed by atoms with Crippen molar-refractivity contribution in [2.45, 2.75) is 6.92 Å². The van der Waals surface area contributed by atoms with E-state index in [1.807, 2.05) is 22.6 Å². The summed E-state index contributed by atoms with van der Waals surface area (Å²) < 4.78 is 14.6. The van der Waals surface area contributed by atoms with Crippen LogP contribution in [0.5, 0.6) is 0 Å². The first-order valence-corrected chi connectivity index (χ1v) is 7.07. The van der Waals surface area contributed by atoms with E-state index in [2.05, 4.69) is 5.32 Å². The van der Waals surface area contributed by atoms with Crippen LogP contribution in [0.1, 0.15) is 26.3 Å². The summed E-state index contributed by atoms with van der Waals surface area (Å²) in [6, 6.07) is 9.06. The molecule has 0 aliphatic rings. The van der Waals surface area contributed by atoms with E-state index in [1.165, 1.54) is 18.2 Å². The van der Waals surface area contributed by atoms with Gasteiger partial charge in [-0.05, 0) is 59.3 Å². The number of carboxylic acid groups (broad SMARTS) is 1. The van der Waals surface area contributed by atoms with E-state index in [9.17, 15) is 14.0 Å². The molecular weight excluding hydrogens is 388 g/mol. The van der Waals surface area contributed by atoms with Gasteiger partial charge in [0.15, 0.2) is 0 Å². The van der Waals surface area contributed by atoms with Gasteiger partial charge in [0.2, 0.25) is 0 Å². The molecule has 0 aromatic heterocycles. The maximum atomic E-state index is 13.9. The lowest BCUT2D eigenvalue weighted by molar-refractivity contribution is 0.0698. The highest BCUT2D eigenvalue weighted by Crippen LogP contribution is 2.21. The van der Waals surface area contributed by atoms with Crippen molar-refractivity contribution in [1.82, 2.24) is 0 Å². The zero-order valence-corrected chi connectivity index (χ0v) is 13.1. The molecule has 6 heteroatoms. The Balaban J connectivity index is 2.36.